The lowest BCUT2D eigenvalue weighted by atomic mass is 9.98. The summed E-state index contributed by atoms with van der Waals surface area (Å²) in [5.41, 5.74) is 2.83. The minimum absolute atomic E-state index is 0.0712. The first-order valence-electron chi connectivity index (χ1n) is 8.08. The summed E-state index contributed by atoms with van der Waals surface area (Å²) in [5.74, 6) is 0.468. The van der Waals surface area contributed by atoms with Gasteiger partial charge in [0, 0.05) is 11.3 Å². The number of carbonyl (C=O) groups is 1. The third-order valence-electron chi connectivity index (χ3n) is 4.38. The molecule has 3 aromatic carbocycles. The molecule has 116 valence electrons. The molecular weight excluding hydrogens is 282 g/mol. The minimum atomic E-state index is -0.0712. The summed E-state index contributed by atoms with van der Waals surface area (Å²) < 4.78 is 0. The Morgan fingerprint density at radius 3 is 2.39 bits per heavy atom. The molecule has 0 aromatic heterocycles. The van der Waals surface area contributed by atoms with Gasteiger partial charge in [-0.25, -0.2) is 0 Å². The molecule has 0 unspecified atom stereocenters. The molecule has 0 radical (unpaired) electrons. The Labute approximate surface area is 137 Å². The molecule has 1 atom stereocenters. The van der Waals surface area contributed by atoms with Crippen LogP contribution in [0.15, 0.2) is 66.7 Å². The number of nitrogens with one attached hydrogen (secondary N) is 1. The van der Waals surface area contributed by atoms with E-state index in [1.807, 2.05) is 54.6 Å². The van der Waals surface area contributed by atoms with Crippen molar-refractivity contribution in [2.45, 2.75) is 26.2 Å². The molecule has 0 aliphatic carbocycles. The van der Waals surface area contributed by atoms with Crippen LogP contribution in [0.1, 0.15) is 42.1 Å². The maximum absolute atomic E-state index is 12.6. The van der Waals surface area contributed by atoms with E-state index in [2.05, 4.69) is 31.3 Å². The fraction of sp³-hybridized carbons (Fsp3) is 0.190. The van der Waals surface area contributed by atoms with Crippen molar-refractivity contribution in [1.29, 1.82) is 0 Å². The number of benzene rings is 3. The van der Waals surface area contributed by atoms with Crippen molar-refractivity contribution in [2.24, 2.45) is 0 Å². The second-order valence-electron chi connectivity index (χ2n) is 5.91. The van der Waals surface area contributed by atoms with E-state index < -0.39 is 0 Å². The number of amides is 1. The highest BCUT2D eigenvalue weighted by molar-refractivity contribution is 6.12. The first kappa shape index (κ1) is 15.3. The highest BCUT2D eigenvalue weighted by Gasteiger charge is 2.10. The Morgan fingerprint density at radius 1 is 0.957 bits per heavy atom. The Bertz CT molecular complexity index is 815. The average molecular weight is 303 g/mol. The van der Waals surface area contributed by atoms with E-state index in [0.717, 1.165) is 22.9 Å². The number of anilines is 1. The molecule has 2 heteroatoms. The molecule has 0 saturated carbocycles. The minimum Gasteiger partial charge on any atom is -0.322 e. The highest BCUT2D eigenvalue weighted by Crippen LogP contribution is 2.22. The molecule has 1 N–H and O–H groups in total. The van der Waals surface area contributed by atoms with Gasteiger partial charge in [0.2, 0.25) is 0 Å². The molecule has 0 aliphatic heterocycles. The number of hydrogen-bond acceptors (Lipinski definition) is 1. The Kier molecular flexibility index (Phi) is 4.42. The van der Waals surface area contributed by atoms with Crippen LogP contribution in [0.4, 0.5) is 5.69 Å². The van der Waals surface area contributed by atoms with Crippen molar-refractivity contribution >= 4 is 22.4 Å². The molecule has 3 rings (SSSR count). The molecule has 0 fully saturated rings. The molecule has 0 aliphatic rings. The SMILES string of the molecule is CC[C@@H](C)c1ccc(NC(=O)c2cccc3ccccc23)cc1. The van der Waals surface area contributed by atoms with Gasteiger partial charge in [-0.3, -0.25) is 4.79 Å². The fourth-order valence-corrected chi connectivity index (χ4v) is 2.75. The second kappa shape index (κ2) is 6.66. The fourth-order valence-electron chi connectivity index (χ4n) is 2.75. The summed E-state index contributed by atoms with van der Waals surface area (Å²) >= 11 is 0. The first-order chi connectivity index (χ1) is 11.2. The highest BCUT2D eigenvalue weighted by atomic mass is 16.1. The predicted octanol–water partition coefficient (Wildman–Crippen LogP) is 5.61. The monoisotopic (exact) mass is 303 g/mol. The summed E-state index contributed by atoms with van der Waals surface area (Å²) in [6.07, 6.45) is 1.11. The van der Waals surface area contributed by atoms with E-state index in [0.29, 0.717) is 11.5 Å². The van der Waals surface area contributed by atoms with Gasteiger partial charge in [-0.2, -0.15) is 0 Å². The summed E-state index contributed by atoms with van der Waals surface area (Å²) in [5, 5.41) is 5.05. The van der Waals surface area contributed by atoms with Crippen molar-refractivity contribution in [3.8, 4) is 0 Å². The van der Waals surface area contributed by atoms with Gasteiger partial charge < -0.3 is 5.32 Å². The van der Waals surface area contributed by atoms with Gasteiger partial charge in [0.15, 0.2) is 0 Å². The van der Waals surface area contributed by atoms with Crippen LogP contribution in [0.25, 0.3) is 10.8 Å². The number of hydrogen-bond donors (Lipinski definition) is 1. The van der Waals surface area contributed by atoms with Gasteiger partial charge in [-0.05, 0) is 46.9 Å². The standard InChI is InChI=1S/C21H21NO/c1-3-15(2)16-11-13-18(14-12-16)22-21(23)20-10-6-8-17-7-4-5-9-19(17)20/h4-15H,3H2,1-2H3,(H,22,23)/t15-/m1/s1. The van der Waals surface area contributed by atoms with Gasteiger partial charge in [0.25, 0.3) is 5.91 Å². The summed E-state index contributed by atoms with van der Waals surface area (Å²) in [4.78, 5) is 12.6. The van der Waals surface area contributed by atoms with E-state index in [1.54, 1.807) is 0 Å². The Hall–Kier alpha value is -2.61. The zero-order valence-corrected chi connectivity index (χ0v) is 13.5. The van der Waals surface area contributed by atoms with E-state index in [1.165, 1.54) is 5.56 Å². The van der Waals surface area contributed by atoms with Crippen molar-refractivity contribution < 1.29 is 4.79 Å². The van der Waals surface area contributed by atoms with Crippen LogP contribution < -0.4 is 5.32 Å². The van der Waals surface area contributed by atoms with E-state index in [9.17, 15) is 4.79 Å². The molecule has 0 heterocycles. The maximum Gasteiger partial charge on any atom is 0.256 e. The topological polar surface area (TPSA) is 29.1 Å². The van der Waals surface area contributed by atoms with E-state index in [4.69, 9.17) is 0 Å². The third-order valence-corrected chi connectivity index (χ3v) is 4.38. The lowest BCUT2D eigenvalue weighted by Crippen LogP contribution is -2.12. The molecule has 3 aromatic rings. The van der Waals surface area contributed by atoms with Crippen LogP contribution in [0.2, 0.25) is 0 Å². The molecule has 0 spiro atoms. The lowest BCUT2D eigenvalue weighted by Gasteiger charge is -2.11. The van der Waals surface area contributed by atoms with Crippen LogP contribution in [0, 0.1) is 0 Å². The summed E-state index contributed by atoms with van der Waals surface area (Å²) in [6.45, 7) is 4.39. The van der Waals surface area contributed by atoms with Crippen molar-refractivity contribution in [3.63, 3.8) is 0 Å². The van der Waals surface area contributed by atoms with Crippen molar-refractivity contribution in [3.05, 3.63) is 77.9 Å². The van der Waals surface area contributed by atoms with E-state index in [-0.39, 0.29) is 5.91 Å². The Morgan fingerprint density at radius 2 is 1.65 bits per heavy atom. The van der Waals surface area contributed by atoms with Gasteiger partial charge in [-0.1, -0.05) is 62.4 Å². The van der Waals surface area contributed by atoms with Crippen molar-refractivity contribution in [2.75, 3.05) is 5.32 Å². The van der Waals surface area contributed by atoms with Crippen LogP contribution in [0.5, 0.6) is 0 Å². The summed E-state index contributed by atoms with van der Waals surface area (Å²) in [6, 6.07) is 21.9. The van der Waals surface area contributed by atoms with Gasteiger partial charge >= 0.3 is 0 Å². The normalized spacial score (nSPS) is 12.1. The van der Waals surface area contributed by atoms with Gasteiger partial charge in [0.05, 0.1) is 0 Å². The second-order valence-corrected chi connectivity index (χ2v) is 5.91. The maximum atomic E-state index is 12.6. The van der Waals surface area contributed by atoms with Crippen LogP contribution in [0.3, 0.4) is 0 Å². The molecule has 1 amide bonds. The number of rotatable bonds is 4. The largest absolute Gasteiger partial charge is 0.322 e. The molecule has 0 saturated heterocycles. The smallest absolute Gasteiger partial charge is 0.256 e. The Balaban J connectivity index is 1.83. The average Bonchev–Trinajstić information content (AvgIpc) is 2.61. The zero-order valence-electron chi connectivity index (χ0n) is 13.5. The predicted molar refractivity (Wildman–Crippen MR) is 97.0 cm³/mol. The van der Waals surface area contributed by atoms with Gasteiger partial charge in [0.1, 0.15) is 0 Å². The van der Waals surface area contributed by atoms with Crippen LogP contribution in [-0.2, 0) is 0 Å². The molecule has 2 nitrogen and oxygen atoms in total. The first-order valence-corrected chi connectivity index (χ1v) is 8.08. The quantitative estimate of drug-likeness (QED) is 0.667. The van der Waals surface area contributed by atoms with Crippen LogP contribution in [-0.4, -0.2) is 5.91 Å². The zero-order chi connectivity index (χ0) is 16.2. The van der Waals surface area contributed by atoms with Crippen molar-refractivity contribution in [1.82, 2.24) is 0 Å². The lowest BCUT2D eigenvalue weighted by molar-refractivity contribution is 0.102. The summed E-state index contributed by atoms with van der Waals surface area (Å²) in [7, 11) is 0. The van der Waals surface area contributed by atoms with E-state index >= 15 is 0 Å². The molecule has 0 bridgehead atoms. The number of carbonyl (C=O) groups excluding carboxylic acids is 1. The molecule has 23 heavy (non-hydrogen) atoms. The molecular formula is C21H21NO. The van der Waals surface area contributed by atoms with Gasteiger partial charge in [-0.15, -0.1) is 0 Å². The third kappa shape index (κ3) is 3.26. The van der Waals surface area contributed by atoms with Crippen LogP contribution >= 0.6 is 0 Å². The number of fused-ring (bicyclic) bond motifs is 1.